The molecular formula is C26H17ClN2O2S. The van der Waals surface area contributed by atoms with Gasteiger partial charge in [0.2, 0.25) is 5.91 Å². The second-order valence-electron chi connectivity index (χ2n) is 7.06. The second-order valence-corrected chi connectivity index (χ2v) is 8.53. The van der Waals surface area contributed by atoms with Crippen LogP contribution in [0.15, 0.2) is 95.4 Å². The molecule has 4 nitrogen and oxygen atoms in total. The zero-order chi connectivity index (χ0) is 21.9. The van der Waals surface area contributed by atoms with Crippen LogP contribution in [0.2, 0.25) is 5.02 Å². The van der Waals surface area contributed by atoms with Crippen molar-refractivity contribution in [2.45, 2.75) is 0 Å². The SMILES string of the molecule is O=C(/C=C/c1ccc(-c2ccc(Cl)cc2)o1)Nc1ccccc1-c1nc2ccccc2s1. The number of carbonyl (C=O) groups excluding carboxylic acids is 1. The number of aromatic nitrogens is 1. The molecule has 0 unspecified atom stereocenters. The predicted molar refractivity (Wildman–Crippen MR) is 132 cm³/mol. The summed E-state index contributed by atoms with van der Waals surface area (Å²) in [4.78, 5) is 17.3. The van der Waals surface area contributed by atoms with Gasteiger partial charge in [-0.3, -0.25) is 4.79 Å². The fourth-order valence-electron chi connectivity index (χ4n) is 3.31. The number of amides is 1. The van der Waals surface area contributed by atoms with E-state index < -0.39 is 0 Å². The molecule has 3 aromatic carbocycles. The molecule has 0 fully saturated rings. The van der Waals surface area contributed by atoms with Gasteiger partial charge in [0.05, 0.1) is 15.9 Å². The fraction of sp³-hybridized carbons (Fsp3) is 0. The summed E-state index contributed by atoms with van der Waals surface area (Å²) < 4.78 is 6.93. The molecule has 0 bridgehead atoms. The molecule has 1 N–H and O–H groups in total. The molecule has 0 radical (unpaired) electrons. The minimum Gasteiger partial charge on any atom is -0.457 e. The van der Waals surface area contributed by atoms with Gasteiger partial charge < -0.3 is 9.73 Å². The number of carbonyl (C=O) groups is 1. The van der Waals surface area contributed by atoms with Crippen molar-refractivity contribution in [1.29, 1.82) is 0 Å². The summed E-state index contributed by atoms with van der Waals surface area (Å²) >= 11 is 7.54. The fourth-order valence-corrected chi connectivity index (χ4v) is 4.44. The van der Waals surface area contributed by atoms with Crippen LogP contribution in [0.4, 0.5) is 5.69 Å². The number of anilines is 1. The molecule has 2 aromatic heterocycles. The monoisotopic (exact) mass is 456 g/mol. The minimum atomic E-state index is -0.247. The van der Waals surface area contributed by atoms with Gasteiger partial charge in [-0.15, -0.1) is 11.3 Å². The van der Waals surface area contributed by atoms with Crippen molar-refractivity contribution in [2.24, 2.45) is 0 Å². The number of hydrogen-bond acceptors (Lipinski definition) is 4. The van der Waals surface area contributed by atoms with E-state index in [0.717, 1.165) is 26.4 Å². The van der Waals surface area contributed by atoms with Crippen LogP contribution < -0.4 is 5.32 Å². The number of furan rings is 1. The molecule has 0 saturated heterocycles. The number of para-hydroxylation sites is 2. The van der Waals surface area contributed by atoms with Gasteiger partial charge in [-0.1, -0.05) is 35.9 Å². The van der Waals surface area contributed by atoms with Crippen molar-refractivity contribution >= 4 is 50.8 Å². The van der Waals surface area contributed by atoms with Crippen molar-refractivity contribution < 1.29 is 9.21 Å². The number of hydrogen-bond donors (Lipinski definition) is 1. The number of halogens is 1. The zero-order valence-electron chi connectivity index (χ0n) is 16.8. The first-order chi connectivity index (χ1) is 15.7. The van der Waals surface area contributed by atoms with Crippen molar-refractivity contribution in [2.75, 3.05) is 5.32 Å². The van der Waals surface area contributed by atoms with E-state index in [0.29, 0.717) is 22.2 Å². The molecule has 0 aliphatic rings. The van der Waals surface area contributed by atoms with E-state index in [4.69, 9.17) is 21.0 Å². The van der Waals surface area contributed by atoms with E-state index in [1.807, 2.05) is 84.9 Å². The highest BCUT2D eigenvalue weighted by atomic mass is 35.5. The highest BCUT2D eigenvalue weighted by molar-refractivity contribution is 7.21. The van der Waals surface area contributed by atoms with Crippen molar-refractivity contribution in [3.63, 3.8) is 0 Å². The predicted octanol–water partition coefficient (Wildman–Crippen LogP) is 7.53. The summed E-state index contributed by atoms with van der Waals surface area (Å²) in [6.07, 6.45) is 3.11. The average molecular weight is 457 g/mol. The molecule has 1 amide bonds. The lowest BCUT2D eigenvalue weighted by Crippen LogP contribution is -2.08. The van der Waals surface area contributed by atoms with E-state index in [-0.39, 0.29) is 5.91 Å². The Kier molecular flexibility index (Phi) is 5.58. The molecule has 5 aromatic rings. The maximum atomic E-state index is 12.6. The normalized spacial score (nSPS) is 11.3. The lowest BCUT2D eigenvalue weighted by atomic mass is 10.2. The van der Waals surface area contributed by atoms with Gasteiger partial charge in [-0.2, -0.15) is 0 Å². The highest BCUT2D eigenvalue weighted by Crippen LogP contribution is 2.34. The van der Waals surface area contributed by atoms with Gasteiger partial charge in [0.25, 0.3) is 0 Å². The van der Waals surface area contributed by atoms with Crippen LogP contribution in [-0.4, -0.2) is 10.9 Å². The zero-order valence-corrected chi connectivity index (χ0v) is 18.4. The van der Waals surface area contributed by atoms with Crippen LogP contribution in [0.5, 0.6) is 0 Å². The van der Waals surface area contributed by atoms with Gasteiger partial charge in [0.1, 0.15) is 16.5 Å². The molecule has 0 aliphatic carbocycles. The molecule has 0 atom stereocenters. The average Bonchev–Trinajstić information content (AvgIpc) is 3.46. The third kappa shape index (κ3) is 4.35. The Labute approximate surface area is 193 Å². The Balaban J connectivity index is 1.33. The molecule has 0 aliphatic heterocycles. The number of nitrogens with one attached hydrogen (secondary N) is 1. The molecule has 2 heterocycles. The first kappa shape index (κ1) is 20.2. The van der Waals surface area contributed by atoms with E-state index in [1.165, 1.54) is 6.08 Å². The standard InChI is InChI=1S/C26H17ClN2O2S/c27-18-11-9-17(10-12-18)23-15-13-19(31-23)14-16-25(30)28-21-6-2-1-5-20(21)26-29-22-7-3-4-8-24(22)32-26/h1-16H,(H,28,30)/b16-14+. The summed E-state index contributed by atoms with van der Waals surface area (Å²) in [5.41, 5.74) is 3.46. The Hall–Kier alpha value is -3.67. The van der Waals surface area contributed by atoms with Crippen LogP contribution in [0.25, 0.3) is 38.2 Å². The molecule has 32 heavy (non-hydrogen) atoms. The van der Waals surface area contributed by atoms with Crippen LogP contribution in [-0.2, 0) is 4.79 Å². The number of fused-ring (bicyclic) bond motifs is 1. The summed E-state index contributed by atoms with van der Waals surface area (Å²) in [7, 11) is 0. The summed E-state index contributed by atoms with van der Waals surface area (Å²) in [6.45, 7) is 0. The Bertz CT molecular complexity index is 1400. The van der Waals surface area contributed by atoms with Crippen LogP contribution in [0, 0.1) is 0 Å². The lowest BCUT2D eigenvalue weighted by molar-refractivity contribution is -0.111. The second kappa shape index (κ2) is 8.83. The molecule has 5 rings (SSSR count). The number of nitrogens with zero attached hydrogens (tertiary/aromatic N) is 1. The maximum absolute atomic E-state index is 12.6. The Morgan fingerprint density at radius 2 is 1.72 bits per heavy atom. The summed E-state index contributed by atoms with van der Waals surface area (Å²) in [6, 6.07) is 26.7. The summed E-state index contributed by atoms with van der Waals surface area (Å²) in [5, 5.41) is 4.49. The van der Waals surface area contributed by atoms with Crippen LogP contribution in [0.1, 0.15) is 5.76 Å². The number of rotatable bonds is 5. The van der Waals surface area contributed by atoms with E-state index in [1.54, 1.807) is 17.4 Å². The van der Waals surface area contributed by atoms with Crippen molar-refractivity contribution in [3.05, 3.63) is 102 Å². The molecular weight excluding hydrogens is 440 g/mol. The van der Waals surface area contributed by atoms with Gasteiger partial charge in [-0.25, -0.2) is 4.98 Å². The van der Waals surface area contributed by atoms with E-state index in [9.17, 15) is 4.79 Å². The maximum Gasteiger partial charge on any atom is 0.248 e. The quantitative estimate of drug-likeness (QED) is 0.278. The van der Waals surface area contributed by atoms with Gasteiger partial charge in [0.15, 0.2) is 0 Å². The summed E-state index contributed by atoms with van der Waals surface area (Å²) in [5.74, 6) is 1.05. The van der Waals surface area contributed by atoms with E-state index >= 15 is 0 Å². The topological polar surface area (TPSA) is 55.1 Å². The molecule has 156 valence electrons. The minimum absolute atomic E-state index is 0.247. The molecule has 0 spiro atoms. The highest BCUT2D eigenvalue weighted by Gasteiger charge is 2.11. The Morgan fingerprint density at radius 3 is 2.56 bits per heavy atom. The number of benzene rings is 3. The largest absolute Gasteiger partial charge is 0.457 e. The smallest absolute Gasteiger partial charge is 0.248 e. The third-order valence-corrected chi connectivity index (χ3v) is 6.19. The van der Waals surface area contributed by atoms with E-state index in [2.05, 4.69) is 5.32 Å². The third-order valence-electron chi connectivity index (χ3n) is 4.86. The van der Waals surface area contributed by atoms with Crippen LogP contribution >= 0.6 is 22.9 Å². The molecule has 0 saturated carbocycles. The van der Waals surface area contributed by atoms with Crippen molar-refractivity contribution in [1.82, 2.24) is 4.98 Å². The van der Waals surface area contributed by atoms with Gasteiger partial charge in [0, 0.05) is 22.2 Å². The first-order valence-corrected chi connectivity index (χ1v) is 11.1. The first-order valence-electron chi connectivity index (χ1n) is 9.95. The van der Waals surface area contributed by atoms with Crippen LogP contribution in [0.3, 0.4) is 0 Å². The van der Waals surface area contributed by atoms with Crippen molar-refractivity contribution in [3.8, 4) is 21.9 Å². The van der Waals surface area contributed by atoms with Gasteiger partial charge in [-0.05, 0) is 66.7 Å². The lowest BCUT2D eigenvalue weighted by Gasteiger charge is -2.07. The number of thiazole rings is 1. The Morgan fingerprint density at radius 1 is 0.938 bits per heavy atom. The van der Waals surface area contributed by atoms with Gasteiger partial charge >= 0.3 is 0 Å². The molecule has 6 heteroatoms.